The average Bonchev–Trinajstić information content (AvgIpc) is 3.12. The van der Waals surface area contributed by atoms with Crippen molar-refractivity contribution in [3.05, 3.63) is 59.6 Å². The van der Waals surface area contributed by atoms with E-state index in [1.54, 1.807) is 17.4 Å². The molecule has 4 heteroatoms. The maximum atomic E-state index is 10.6. The van der Waals surface area contributed by atoms with Gasteiger partial charge in [0.15, 0.2) is 0 Å². The van der Waals surface area contributed by atoms with Crippen LogP contribution in [0, 0.1) is 0 Å². The molecule has 0 aliphatic rings. The van der Waals surface area contributed by atoms with Crippen molar-refractivity contribution < 1.29 is 5.11 Å². The molecule has 0 bridgehead atoms. The van der Waals surface area contributed by atoms with Gasteiger partial charge in [-0.2, -0.15) is 0 Å². The Labute approximate surface area is 151 Å². The lowest BCUT2D eigenvalue weighted by Gasteiger charge is -2.15. The first-order chi connectivity index (χ1) is 12.2. The number of hydrogen-bond acceptors (Lipinski definition) is 4. The summed E-state index contributed by atoms with van der Waals surface area (Å²) in [6.45, 7) is 2.17. The van der Waals surface area contributed by atoms with Crippen molar-refractivity contribution in [3.63, 3.8) is 0 Å². The standard InChI is InChI=1S/C21H20N2OS/c1-3-16(22-2)13-4-6-14(7-5-13)20-18(24)9-8-17-21(20)15-10-11-25-19(15)12-23-17/h4-12,16,22,24H,3H2,1-2H3/t16-/m0/s1. The Morgan fingerprint density at radius 3 is 2.64 bits per heavy atom. The van der Waals surface area contributed by atoms with Crippen LogP contribution in [0.3, 0.4) is 0 Å². The van der Waals surface area contributed by atoms with E-state index >= 15 is 0 Å². The highest BCUT2D eigenvalue weighted by Gasteiger charge is 2.15. The van der Waals surface area contributed by atoms with Crippen LogP contribution >= 0.6 is 11.3 Å². The van der Waals surface area contributed by atoms with E-state index in [9.17, 15) is 5.11 Å². The van der Waals surface area contributed by atoms with Crippen LogP contribution in [-0.2, 0) is 0 Å². The van der Waals surface area contributed by atoms with E-state index in [-0.39, 0.29) is 0 Å². The van der Waals surface area contributed by atoms with Crippen molar-refractivity contribution >= 4 is 32.3 Å². The number of thiophene rings is 1. The molecule has 0 aliphatic carbocycles. The van der Waals surface area contributed by atoms with Crippen molar-refractivity contribution in [3.8, 4) is 16.9 Å². The highest BCUT2D eigenvalue weighted by atomic mass is 32.1. The average molecular weight is 348 g/mol. The zero-order valence-electron chi connectivity index (χ0n) is 14.3. The largest absolute Gasteiger partial charge is 0.507 e. The Hall–Kier alpha value is -2.43. The van der Waals surface area contributed by atoms with Gasteiger partial charge in [0.25, 0.3) is 0 Å². The molecule has 0 amide bonds. The fourth-order valence-corrected chi connectivity index (χ4v) is 4.26. The molecule has 0 aliphatic heterocycles. The fourth-order valence-electron chi connectivity index (χ4n) is 3.50. The lowest BCUT2D eigenvalue weighted by Crippen LogP contribution is -2.14. The quantitative estimate of drug-likeness (QED) is 0.512. The number of nitrogens with one attached hydrogen (secondary N) is 1. The van der Waals surface area contributed by atoms with Gasteiger partial charge in [-0.15, -0.1) is 11.3 Å². The van der Waals surface area contributed by atoms with Gasteiger partial charge in [-0.1, -0.05) is 31.2 Å². The second kappa shape index (κ2) is 6.47. The highest BCUT2D eigenvalue weighted by molar-refractivity contribution is 7.17. The lowest BCUT2D eigenvalue weighted by atomic mass is 9.95. The van der Waals surface area contributed by atoms with Gasteiger partial charge in [-0.3, -0.25) is 4.98 Å². The third-order valence-corrected chi connectivity index (χ3v) is 5.66. The third-order valence-electron chi connectivity index (χ3n) is 4.81. The summed E-state index contributed by atoms with van der Waals surface area (Å²) in [6, 6.07) is 14.5. The summed E-state index contributed by atoms with van der Waals surface area (Å²) in [7, 11) is 1.98. The Morgan fingerprint density at radius 1 is 1.12 bits per heavy atom. The van der Waals surface area contributed by atoms with E-state index < -0.39 is 0 Å². The Morgan fingerprint density at radius 2 is 1.92 bits per heavy atom. The van der Waals surface area contributed by atoms with Gasteiger partial charge in [0.1, 0.15) is 5.75 Å². The Kier molecular flexibility index (Phi) is 4.15. The van der Waals surface area contributed by atoms with Gasteiger partial charge in [0.05, 0.1) is 10.2 Å². The van der Waals surface area contributed by atoms with Gasteiger partial charge < -0.3 is 10.4 Å². The Bertz CT molecular complexity index is 1030. The molecule has 25 heavy (non-hydrogen) atoms. The van der Waals surface area contributed by atoms with Gasteiger partial charge >= 0.3 is 0 Å². The highest BCUT2D eigenvalue weighted by Crippen LogP contribution is 2.40. The number of pyridine rings is 1. The molecule has 0 spiro atoms. The number of fused-ring (bicyclic) bond motifs is 3. The van der Waals surface area contributed by atoms with Crippen molar-refractivity contribution in [1.82, 2.24) is 10.3 Å². The topological polar surface area (TPSA) is 45.1 Å². The first kappa shape index (κ1) is 16.1. The summed E-state index contributed by atoms with van der Waals surface area (Å²) < 4.78 is 1.14. The van der Waals surface area contributed by atoms with Crippen molar-refractivity contribution in [2.45, 2.75) is 19.4 Å². The van der Waals surface area contributed by atoms with Gasteiger partial charge in [0.2, 0.25) is 0 Å². The summed E-state index contributed by atoms with van der Waals surface area (Å²) in [5.41, 5.74) is 4.04. The van der Waals surface area contributed by atoms with Crippen LogP contribution in [-0.4, -0.2) is 17.1 Å². The van der Waals surface area contributed by atoms with Crippen LogP contribution in [0.5, 0.6) is 5.75 Å². The predicted molar refractivity (Wildman–Crippen MR) is 106 cm³/mol. The zero-order valence-corrected chi connectivity index (χ0v) is 15.1. The third kappa shape index (κ3) is 2.68. The van der Waals surface area contributed by atoms with Crippen LogP contribution in [0.25, 0.3) is 32.1 Å². The van der Waals surface area contributed by atoms with Crippen molar-refractivity contribution in [1.29, 1.82) is 0 Å². The van der Waals surface area contributed by atoms with Gasteiger partial charge in [0, 0.05) is 28.6 Å². The first-order valence-electron chi connectivity index (χ1n) is 8.48. The monoisotopic (exact) mass is 348 g/mol. The lowest BCUT2D eigenvalue weighted by molar-refractivity contribution is 0.478. The van der Waals surface area contributed by atoms with E-state index in [2.05, 4.69) is 52.9 Å². The summed E-state index contributed by atoms with van der Waals surface area (Å²) >= 11 is 1.67. The molecule has 2 aromatic heterocycles. The molecular weight excluding hydrogens is 328 g/mol. The number of rotatable bonds is 4. The summed E-state index contributed by atoms with van der Waals surface area (Å²) in [6.07, 6.45) is 2.94. The smallest absolute Gasteiger partial charge is 0.124 e. The maximum Gasteiger partial charge on any atom is 0.124 e. The number of aromatic nitrogens is 1. The van der Waals surface area contributed by atoms with Crippen molar-refractivity contribution in [2.24, 2.45) is 0 Å². The molecule has 0 fully saturated rings. The van der Waals surface area contributed by atoms with E-state index in [1.807, 2.05) is 19.3 Å². The van der Waals surface area contributed by atoms with E-state index in [1.165, 1.54) is 5.56 Å². The molecule has 2 N–H and O–H groups in total. The van der Waals surface area contributed by atoms with Gasteiger partial charge in [-0.25, -0.2) is 0 Å². The molecule has 0 radical (unpaired) electrons. The number of phenols is 1. The van der Waals surface area contributed by atoms with Crippen molar-refractivity contribution in [2.75, 3.05) is 7.05 Å². The predicted octanol–water partition coefficient (Wildman–Crippen LogP) is 5.49. The second-order valence-electron chi connectivity index (χ2n) is 6.18. The molecule has 2 aromatic carbocycles. The summed E-state index contributed by atoms with van der Waals surface area (Å²) in [5.74, 6) is 0.293. The van der Waals surface area contributed by atoms with E-state index in [0.717, 1.165) is 38.5 Å². The number of phenolic OH excluding ortho intramolecular Hbond substituents is 1. The van der Waals surface area contributed by atoms with Crippen LogP contribution < -0.4 is 5.32 Å². The van der Waals surface area contributed by atoms with Gasteiger partial charge in [-0.05, 0) is 48.2 Å². The molecule has 1 atom stereocenters. The molecule has 4 rings (SSSR count). The number of aromatic hydroxyl groups is 1. The molecule has 4 aromatic rings. The van der Waals surface area contributed by atoms with Crippen LogP contribution in [0.1, 0.15) is 24.9 Å². The molecule has 126 valence electrons. The molecule has 2 heterocycles. The number of benzene rings is 2. The van der Waals surface area contributed by atoms with Crippen LogP contribution in [0.2, 0.25) is 0 Å². The fraction of sp³-hybridized carbons (Fsp3) is 0.190. The molecule has 0 unspecified atom stereocenters. The minimum atomic E-state index is 0.293. The minimum Gasteiger partial charge on any atom is -0.507 e. The molecule has 0 saturated carbocycles. The number of nitrogens with zero attached hydrogens (tertiary/aromatic N) is 1. The minimum absolute atomic E-state index is 0.293. The summed E-state index contributed by atoms with van der Waals surface area (Å²) in [4.78, 5) is 4.57. The number of hydrogen-bond donors (Lipinski definition) is 2. The molecule has 3 nitrogen and oxygen atoms in total. The van der Waals surface area contributed by atoms with Crippen LogP contribution in [0.15, 0.2) is 54.0 Å². The SMILES string of the molecule is CC[C@H](NC)c1ccc(-c2c(O)ccc3ncc4sccc4c23)cc1. The first-order valence-corrected chi connectivity index (χ1v) is 9.36. The normalized spacial score (nSPS) is 12.7. The molecular formula is C21H20N2OS. The van der Waals surface area contributed by atoms with Crippen LogP contribution in [0.4, 0.5) is 0 Å². The second-order valence-corrected chi connectivity index (χ2v) is 7.13. The molecule has 0 saturated heterocycles. The van der Waals surface area contributed by atoms with E-state index in [4.69, 9.17) is 0 Å². The van der Waals surface area contributed by atoms with E-state index in [0.29, 0.717) is 11.8 Å². The zero-order chi connectivity index (χ0) is 17.4. The Balaban J connectivity index is 1.94. The summed E-state index contributed by atoms with van der Waals surface area (Å²) in [5, 5.41) is 18.2. The maximum absolute atomic E-state index is 10.6.